The number of aromatic nitrogens is 2. The Balaban J connectivity index is 2.44. The Labute approximate surface area is 97.0 Å². The Kier molecular flexibility index (Phi) is 2.93. The van der Waals surface area contributed by atoms with Crippen LogP contribution in [0.25, 0.3) is 11.5 Å². The van der Waals surface area contributed by atoms with Gasteiger partial charge in [0.1, 0.15) is 5.88 Å². The van der Waals surface area contributed by atoms with Crippen LogP contribution in [0.5, 0.6) is 0 Å². The molecule has 5 heteroatoms. The predicted molar refractivity (Wildman–Crippen MR) is 59.0 cm³/mol. The van der Waals surface area contributed by atoms with Gasteiger partial charge in [0, 0.05) is 10.6 Å². The highest BCUT2D eigenvalue weighted by Crippen LogP contribution is 2.24. The molecule has 0 saturated heterocycles. The molecule has 0 bridgehead atoms. The van der Waals surface area contributed by atoms with Gasteiger partial charge in [-0.05, 0) is 30.7 Å². The number of alkyl halides is 1. The number of nitrogens with zero attached hydrogens (tertiary/aromatic N) is 2. The first kappa shape index (κ1) is 10.5. The maximum absolute atomic E-state index is 5.85. The summed E-state index contributed by atoms with van der Waals surface area (Å²) in [7, 11) is 0. The van der Waals surface area contributed by atoms with Crippen molar-refractivity contribution in [2.75, 3.05) is 0 Å². The lowest BCUT2D eigenvalue weighted by Crippen LogP contribution is -1.83. The van der Waals surface area contributed by atoms with E-state index in [-0.39, 0.29) is 5.88 Å². The minimum Gasteiger partial charge on any atom is -0.419 e. The molecule has 0 amide bonds. The van der Waals surface area contributed by atoms with Crippen LogP contribution in [-0.4, -0.2) is 10.2 Å². The summed E-state index contributed by atoms with van der Waals surface area (Å²) in [4.78, 5) is 0. The van der Waals surface area contributed by atoms with Crippen LogP contribution in [0.15, 0.2) is 22.6 Å². The molecular weight excluding hydrogens is 235 g/mol. The third-order valence-electron chi connectivity index (χ3n) is 2.00. The van der Waals surface area contributed by atoms with Gasteiger partial charge in [-0.25, -0.2) is 0 Å². The van der Waals surface area contributed by atoms with Gasteiger partial charge in [-0.2, -0.15) is 0 Å². The van der Waals surface area contributed by atoms with Gasteiger partial charge in [0.15, 0.2) is 0 Å². The minimum atomic E-state index is 0.222. The number of hydrogen-bond donors (Lipinski definition) is 0. The van der Waals surface area contributed by atoms with E-state index in [2.05, 4.69) is 10.2 Å². The summed E-state index contributed by atoms with van der Waals surface area (Å²) < 4.78 is 5.34. The summed E-state index contributed by atoms with van der Waals surface area (Å²) in [5.74, 6) is 1.11. The number of halogens is 2. The molecule has 15 heavy (non-hydrogen) atoms. The smallest absolute Gasteiger partial charge is 0.248 e. The highest BCUT2D eigenvalue weighted by molar-refractivity contribution is 6.30. The number of rotatable bonds is 2. The molecule has 0 aliphatic rings. The average molecular weight is 243 g/mol. The standard InChI is InChI=1S/C10H8Cl2N2O/c1-6-4-7(12)2-3-8(6)10-14-13-9(5-11)15-10/h2-4H,5H2,1H3. The molecule has 0 spiro atoms. The zero-order valence-corrected chi connectivity index (χ0v) is 9.51. The largest absolute Gasteiger partial charge is 0.419 e. The molecule has 78 valence electrons. The lowest BCUT2D eigenvalue weighted by atomic mass is 10.1. The molecule has 1 aromatic heterocycles. The Bertz CT molecular complexity index is 482. The van der Waals surface area contributed by atoms with Crippen molar-refractivity contribution in [3.05, 3.63) is 34.7 Å². The Morgan fingerprint density at radius 3 is 2.73 bits per heavy atom. The summed E-state index contributed by atoms with van der Waals surface area (Å²) in [5, 5.41) is 8.38. The van der Waals surface area contributed by atoms with Crippen LogP contribution >= 0.6 is 23.2 Å². The normalized spacial score (nSPS) is 10.6. The van der Waals surface area contributed by atoms with Crippen LogP contribution in [0.3, 0.4) is 0 Å². The maximum Gasteiger partial charge on any atom is 0.248 e. The topological polar surface area (TPSA) is 38.9 Å². The summed E-state index contributed by atoms with van der Waals surface area (Å²) in [6.45, 7) is 1.94. The molecule has 2 rings (SSSR count). The first-order valence-corrected chi connectivity index (χ1v) is 5.27. The van der Waals surface area contributed by atoms with Crippen molar-refractivity contribution in [1.82, 2.24) is 10.2 Å². The van der Waals surface area contributed by atoms with Gasteiger partial charge in [-0.15, -0.1) is 21.8 Å². The fourth-order valence-corrected chi connectivity index (χ4v) is 1.62. The molecule has 2 aromatic rings. The molecule has 3 nitrogen and oxygen atoms in total. The molecule has 1 heterocycles. The van der Waals surface area contributed by atoms with Crippen LogP contribution in [0.2, 0.25) is 5.02 Å². The lowest BCUT2D eigenvalue weighted by Gasteiger charge is -2.00. The van der Waals surface area contributed by atoms with E-state index in [1.807, 2.05) is 19.1 Å². The maximum atomic E-state index is 5.85. The quantitative estimate of drug-likeness (QED) is 0.758. The third-order valence-corrected chi connectivity index (χ3v) is 2.46. The number of aryl methyl sites for hydroxylation is 1. The van der Waals surface area contributed by atoms with Gasteiger partial charge in [-0.3, -0.25) is 0 Å². The SMILES string of the molecule is Cc1cc(Cl)ccc1-c1nnc(CCl)o1. The summed E-state index contributed by atoms with van der Waals surface area (Å²) in [6.07, 6.45) is 0. The fourth-order valence-electron chi connectivity index (χ4n) is 1.28. The molecule has 0 N–H and O–H groups in total. The molecule has 1 aromatic carbocycles. The van der Waals surface area contributed by atoms with Crippen molar-refractivity contribution >= 4 is 23.2 Å². The van der Waals surface area contributed by atoms with Gasteiger partial charge in [0.25, 0.3) is 0 Å². The first-order chi connectivity index (χ1) is 7.20. The molecule has 0 unspecified atom stereocenters. The Morgan fingerprint density at radius 1 is 1.33 bits per heavy atom. The fraction of sp³-hybridized carbons (Fsp3) is 0.200. The zero-order chi connectivity index (χ0) is 10.8. The summed E-state index contributed by atoms with van der Waals surface area (Å²) in [6, 6.07) is 5.49. The molecular formula is C10H8Cl2N2O. The second-order valence-corrected chi connectivity index (χ2v) is 3.80. The van der Waals surface area contributed by atoms with Gasteiger partial charge >= 0.3 is 0 Å². The number of hydrogen-bond acceptors (Lipinski definition) is 3. The predicted octanol–water partition coefficient (Wildman–Crippen LogP) is 3.44. The molecule has 0 atom stereocenters. The van der Waals surface area contributed by atoms with Crippen LogP contribution in [0.1, 0.15) is 11.5 Å². The summed E-state index contributed by atoms with van der Waals surface area (Å²) >= 11 is 11.4. The monoisotopic (exact) mass is 242 g/mol. The Hall–Kier alpha value is -1.06. The van der Waals surface area contributed by atoms with E-state index >= 15 is 0 Å². The second-order valence-electron chi connectivity index (χ2n) is 3.09. The van der Waals surface area contributed by atoms with Crippen molar-refractivity contribution in [1.29, 1.82) is 0 Å². The van der Waals surface area contributed by atoms with E-state index in [4.69, 9.17) is 27.6 Å². The molecule has 0 aliphatic carbocycles. The minimum absolute atomic E-state index is 0.222. The van der Waals surface area contributed by atoms with Gasteiger partial charge in [0.2, 0.25) is 11.8 Å². The highest BCUT2D eigenvalue weighted by atomic mass is 35.5. The van der Waals surface area contributed by atoms with Crippen molar-refractivity contribution in [3.8, 4) is 11.5 Å². The van der Waals surface area contributed by atoms with Crippen molar-refractivity contribution < 1.29 is 4.42 Å². The van der Waals surface area contributed by atoms with Crippen molar-refractivity contribution in [2.45, 2.75) is 12.8 Å². The number of benzene rings is 1. The van der Waals surface area contributed by atoms with E-state index in [0.717, 1.165) is 11.1 Å². The van der Waals surface area contributed by atoms with Gasteiger partial charge in [0.05, 0.1) is 0 Å². The first-order valence-electron chi connectivity index (χ1n) is 4.35. The van der Waals surface area contributed by atoms with Gasteiger partial charge < -0.3 is 4.42 Å². The zero-order valence-electron chi connectivity index (χ0n) is 8.00. The van der Waals surface area contributed by atoms with Crippen LogP contribution in [0.4, 0.5) is 0 Å². The van der Waals surface area contributed by atoms with Gasteiger partial charge in [-0.1, -0.05) is 11.6 Å². The third kappa shape index (κ3) is 2.13. The van der Waals surface area contributed by atoms with Crippen LogP contribution < -0.4 is 0 Å². The van der Waals surface area contributed by atoms with Crippen molar-refractivity contribution in [2.24, 2.45) is 0 Å². The molecule has 0 fully saturated rings. The van der Waals surface area contributed by atoms with E-state index in [1.54, 1.807) is 6.07 Å². The second kappa shape index (κ2) is 4.21. The Morgan fingerprint density at radius 2 is 2.13 bits per heavy atom. The van der Waals surface area contributed by atoms with Crippen molar-refractivity contribution in [3.63, 3.8) is 0 Å². The molecule has 0 saturated carbocycles. The lowest BCUT2D eigenvalue weighted by molar-refractivity contribution is 0.527. The van der Waals surface area contributed by atoms with Crippen LogP contribution in [-0.2, 0) is 5.88 Å². The van der Waals surface area contributed by atoms with E-state index in [0.29, 0.717) is 16.8 Å². The average Bonchev–Trinajstić information content (AvgIpc) is 2.66. The molecule has 0 radical (unpaired) electrons. The summed E-state index contributed by atoms with van der Waals surface area (Å²) in [5.41, 5.74) is 1.87. The van der Waals surface area contributed by atoms with E-state index < -0.39 is 0 Å². The van der Waals surface area contributed by atoms with Crippen LogP contribution in [0, 0.1) is 6.92 Å². The van der Waals surface area contributed by atoms with E-state index in [9.17, 15) is 0 Å². The highest BCUT2D eigenvalue weighted by Gasteiger charge is 2.10. The molecule has 0 aliphatic heterocycles. The van der Waals surface area contributed by atoms with E-state index in [1.165, 1.54) is 0 Å².